The van der Waals surface area contributed by atoms with E-state index >= 15 is 0 Å². The van der Waals surface area contributed by atoms with Crippen LogP contribution in [-0.2, 0) is 0 Å². The summed E-state index contributed by atoms with van der Waals surface area (Å²) in [6.45, 7) is 0.359. The molecular formula is C12H15N3O4. The molecule has 1 atom stereocenters. The number of para-hydroxylation sites is 1. The zero-order valence-corrected chi connectivity index (χ0v) is 10.3. The maximum atomic E-state index is 12.3. The van der Waals surface area contributed by atoms with Crippen LogP contribution < -0.4 is 5.73 Å². The third-order valence-corrected chi connectivity index (χ3v) is 3.33. The quantitative estimate of drug-likeness (QED) is 0.476. The number of amides is 1. The fourth-order valence-corrected chi connectivity index (χ4v) is 2.39. The average molecular weight is 265 g/mol. The van der Waals surface area contributed by atoms with Crippen LogP contribution in [0.5, 0.6) is 0 Å². The number of nitro benzene ring substituents is 1. The number of nitrogen functional groups attached to an aromatic ring is 1. The van der Waals surface area contributed by atoms with Crippen molar-refractivity contribution in [1.29, 1.82) is 0 Å². The Morgan fingerprint density at radius 3 is 2.95 bits per heavy atom. The van der Waals surface area contributed by atoms with Gasteiger partial charge in [-0.3, -0.25) is 14.9 Å². The van der Waals surface area contributed by atoms with E-state index < -0.39 is 10.8 Å². The summed E-state index contributed by atoms with van der Waals surface area (Å²) in [5.41, 5.74) is 5.14. The first-order valence-corrected chi connectivity index (χ1v) is 6.01. The maximum Gasteiger partial charge on any atom is 0.304 e. The summed E-state index contributed by atoms with van der Waals surface area (Å²) in [5.74, 6) is -0.449. The molecular weight excluding hydrogens is 250 g/mol. The average Bonchev–Trinajstić information content (AvgIpc) is 2.85. The highest BCUT2D eigenvalue weighted by Gasteiger charge is 2.33. The molecule has 19 heavy (non-hydrogen) atoms. The van der Waals surface area contributed by atoms with Crippen LogP contribution in [0.1, 0.15) is 23.2 Å². The van der Waals surface area contributed by atoms with Crippen molar-refractivity contribution < 1.29 is 14.8 Å². The first-order chi connectivity index (χ1) is 9.06. The van der Waals surface area contributed by atoms with Gasteiger partial charge in [0.15, 0.2) is 0 Å². The Hall–Kier alpha value is -2.15. The standard InChI is InChI=1S/C12H15N3O4/c13-10-5-1-4-9(11(10)15(18)19)12(17)14-6-2-3-8(14)7-16/h1,4-5,8,16H,2-3,6-7,13H2. The fourth-order valence-electron chi connectivity index (χ4n) is 2.39. The van der Waals surface area contributed by atoms with Gasteiger partial charge in [0.05, 0.1) is 17.6 Å². The zero-order valence-electron chi connectivity index (χ0n) is 10.3. The smallest absolute Gasteiger partial charge is 0.304 e. The van der Waals surface area contributed by atoms with E-state index in [1.165, 1.54) is 23.1 Å². The van der Waals surface area contributed by atoms with Crippen molar-refractivity contribution in [1.82, 2.24) is 4.90 Å². The van der Waals surface area contributed by atoms with E-state index in [4.69, 9.17) is 5.73 Å². The molecule has 1 amide bonds. The van der Waals surface area contributed by atoms with Crippen LogP contribution in [0.3, 0.4) is 0 Å². The molecule has 0 saturated carbocycles. The highest BCUT2D eigenvalue weighted by atomic mass is 16.6. The van der Waals surface area contributed by atoms with Gasteiger partial charge in [-0.2, -0.15) is 0 Å². The van der Waals surface area contributed by atoms with Gasteiger partial charge >= 0.3 is 5.69 Å². The highest BCUT2D eigenvalue weighted by Crippen LogP contribution is 2.29. The number of rotatable bonds is 3. The van der Waals surface area contributed by atoms with E-state index in [1.807, 2.05) is 0 Å². The summed E-state index contributed by atoms with van der Waals surface area (Å²) in [6, 6.07) is 4.03. The number of nitrogens with zero attached hydrogens (tertiary/aromatic N) is 2. The van der Waals surface area contributed by atoms with E-state index in [0.717, 1.165) is 6.42 Å². The van der Waals surface area contributed by atoms with E-state index in [2.05, 4.69) is 0 Å². The first kappa shape index (κ1) is 13.3. The zero-order chi connectivity index (χ0) is 14.0. The number of aliphatic hydroxyl groups excluding tert-OH is 1. The lowest BCUT2D eigenvalue weighted by Crippen LogP contribution is -2.37. The second-order valence-corrected chi connectivity index (χ2v) is 4.48. The number of nitro groups is 1. The van der Waals surface area contributed by atoms with Crippen molar-refractivity contribution in [2.75, 3.05) is 18.9 Å². The number of carbonyl (C=O) groups is 1. The summed E-state index contributed by atoms with van der Waals surface area (Å²) < 4.78 is 0. The molecule has 0 spiro atoms. The van der Waals surface area contributed by atoms with Gasteiger partial charge < -0.3 is 15.7 Å². The Balaban J connectivity index is 2.39. The van der Waals surface area contributed by atoms with E-state index in [9.17, 15) is 20.0 Å². The summed E-state index contributed by atoms with van der Waals surface area (Å²) in [6.07, 6.45) is 1.49. The summed E-state index contributed by atoms with van der Waals surface area (Å²) in [7, 11) is 0. The van der Waals surface area contributed by atoms with Gasteiger partial charge in [0.1, 0.15) is 11.3 Å². The van der Waals surface area contributed by atoms with Crippen molar-refractivity contribution in [3.8, 4) is 0 Å². The largest absolute Gasteiger partial charge is 0.394 e. The number of nitrogens with two attached hydrogens (primary N) is 1. The number of benzene rings is 1. The van der Waals surface area contributed by atoms with Crippen LogP contribution in [-0.4, -0.2) is 40.0 Å². The topological polar surface area (TPSA) is 110 Å². The van der Waals surface area contributed by atoms with Crippen LogP contribution in [0.4, 0.5) is 11.4 Å². The second kappa shape index (κ2) is 5.23. The molecule has 1 aliphatic heterocycles. The Bertz CT molecular complexity index is 518. The van der Waals surface area contributed by atoms with Crippen molar-refractivity contribution >= 4 is 17.3 Å². The van der Waals surface area contributed by atoms with Crippen LogP contribution >= 0.6 is 0 Å². The van der Waals surface area contributed by atoms with Crippen molar-refractivity contribution in [2.45, 2.75) is 18.9 Å². The Labute approximate surface area is 109 Å². The molecule has 2 rings (SSSR count). The lowest BCUT2D eigenvalue weighted by atomic mass is 10.1. The van der Waals surface area contributed by atoms with Gasteiger partial charge in [-0.25, -0.2) is 0 Å². The molecule has 1 aliphatic rings. The molecule has 102 valence electrons. The number of hydrogen-bond acceptors (Lipinski definition) is 5. The van der Waals surface area contributed by atoms with Crippen LogP contribution in [0.2, 0.25) is 0 Å². The van der Waals surface area contributed by atoms with Gasteiger partial charge in [-0.05, 0) is 25.0 Å². The SMILES string of the molecule is Nc1cccc(C(=O)N2CCCC2CO)c1[N+](=O)[O-]. The molecule has 0 aromatic heterocycles. The minimum absolute atomic E-state index is 0.0228. The van der Waals surface area contributed by atoms with Gasteiger partial charge in [-0.15, -0.1) is 0 Å². The third-order valence-electron chi connectivity index (χ3n) is 3.33. The number of carbonyl (C=O) groups excluding carboxylic acids is 1. The number of anilines is 1. The summed E-state index contributed by atoms with van der Waals surface area (Å²) in [4.78, 5) is 24.2. The molecule has 1 unspecified atom stereocenters. The molecule has 7 heteroatoms. The molecule has 1 fully saturated rings. The number of aliphatic hydroxyl groups is 1. The summed E-state index contributed by atoms with van der Waals surface area (Å²) >= 11 is 0. The molecule has 1 heterocycles. The van der Waals surface area contributed by atoms with E-state index in [-0.39, 0.29) is 29.6 Å². The van der Waals surface area contributed by atoms with Gasteiger partial charge in [-0.1, -0.05) is 6.07 Å². The molecule has 7 nitrogen and oxygen atoms in total. The third kappa shape index (κ3) is 2.37. The van der Waals surface area contributed by atoms with E-state index in [1.54, 1.807) is 0 Å². The first-order valence-electron chi connectivity index (χ1n) is 6.01. The number of likely N-dealkylation sites (tertiary alicyclic amines) is 1. The molecule has 0 bridgehead atoms. The van der Waals surface area contributed by atoms with E-state index in [0.29, 0.717) is 13.0 Å². The predicted molar refractivity (Wildman–Crippen MR) is 68.7 cm³/mol. The summed E-state index contributed by atoms with van der Waals surface area (Å²) in [5, 5.41) is 20.2. The van der Waals surface area contributed by atoms with Gasteiger partial charge in [0.2, 0.25) is 0 Å². The molecule has 0 radical (unpaired) electrons. The van der Waals surface area contributed by atoms with Crippen molar-refractivity contribution in [2.24, 2.45) is 0 Å². The normalized spacial score (nSPS) is 18.6. The minimum Gasteiger partial charge on any atom is -0.394 e. The second-order valence-electron chi connectivity index (χ2n) is 4.48. The minimum atomic E-state index is -0.646. The molecule has 1 saturated heterocycles. The monoisotopic (exact) mass is 265 g/mol. The lowest BCUT2D eigenvalue weighted by molar-refractivity contribution is -0.384. The van der Waals surface area contributed by atoms with Crippen LogP contribution in [0, 0.1) is 10.1 Å². The Morgan fingerprint density at radius 1 is 1.58 bits per heavy atom. The highest BCUT2D eigenvalue weighted by molar-refractivity contribution is 6.00. The molecule has 0 aliphatic carbocycles. The Morgan fingerprint density at radius 2 is 2.32 bits per heavy atom. The maximum absolute atomic E-state index is 12.3. The molecule has 1 aromatic rings. The van der Waals surface area contributed by atoms with Gasteiger partial charge in [0, 0.05) is 6.54 Å². The fraction of sp³-hybridized carbons (Fsp3) is 0.417. The number of hydrogen-bond donors (Lipinski definition) is 2. The van der Waals surface area contributed by atoms with Crippen molar-refractivity contribution in [3.63, 3.8) is 0 Å². The molecule has 1 aromatic carbocycles. The molecule has 3 N–H and O–H groups in total. The van der Waals surface area contributed by atoms with Crippen molar-refractivity contribution in [3.05, 3.63) is 33.9 Å². The predicted octanol–water partition coefficient (Wildman–Crippen LogP) is 0.774. The van der Waals surface area contributed by atoms with Crippen LogP contribution in [0.15, 0.2) is 18.2 Å². The van der Waals surface area contributed by atoms with Crippen LogP contribution in [0.25, 0.3) is 0 Å². The Kier molecular flexibility index (Phi) is 3.66. The van der Waals surface area contributed by atoms with Gasteiger partial charge in [0.25, 0.3) is 5.91 Å². The lowest BCUT2D eigenvalue weighted by Gasteiger charge is -2.23.